The van der Waals surface area contributed by atoms with Crippen LogP contribution in [0.2, 0.25) is 5.02 Å². The van der Waals surface area contributed by atoms with Crippen molar-refractivity contribution in [3.05, 3.63) is 70.6 Å². The summed E-state index contributed by atoms with van der Waals surface area (Å²) in [4.78, 5) is 21.5. The summed E-state index contributed by atoms with van der Waals surface area (Å²) in [5.74, 6) is -0.359. The predicted molar refractivity (Wildman–Crippen MR) is 106 cm³/mol. The molecule has 1 aromatic heterocycles. The lowest BCUT2D eigenvalue weighted by Gasteiger charge is -2.36. The first-order valence-electron chi connectivity index (χ1n) is 8.88. The van der Waals surface area contributed by atoms with Crippen molar-refractivity contribution in [3.8, 4) is 0 Å². The minimum absolute atomic E-state index is 0.0306. The van der Waals surface area contributed by atoms with Crippen molar-refractivity contribution in [2.45, 2.75) is 6.92 Å². The van der Waals surface area contributed by atoms with Gasteiger partial charge in [-0.2, -0.15) is 0 Å². The van der Waals surface area contributed by atoms with Crippen LogP contribution < -0.4 is 4.90 Å². The zero-order chi connectivity index (χ0) is 19.0. The summed E-state index contributed by atoms with van der Waals surface area (Å²) < 4.78 is 13.4. The Bertz CT molecular complexity index is 1020. The number of carbonyl (C=O) groups excluding carboxylic acids is 1. The van der Waals surface area contributed by atoms with E-state index in [9.17, 15) is 9.18 Å². The second kappa shape index (κ2) is 7.16. The fourth-order valence-electron chi connectivity index (χ4n) is 3.46. The van der Waals surface area contributed by atoms with E-state index in [-0.39, 0.29) is 11.7 Å². The standard InChI is InChI=1S/C21H19ClFN3O/c1-14-19(11-15-5-6-17(23)13-20(15)24-14)21(27)26-9-7-25(8-10-26)18-4-2-3-16(22)12-18/h2-6,11-13H,7-10H2,1H3. The van der Waals surface area contributed by atoms with Crippen LogP contribution in [0.1, 0.15) is 16.1 Å². The van der Waals surface area contributed by atoms with Gasteiger partial charge >= 0.3 is 0 Å². The van der Waals surface area contributed by atoms with Crippen LogP contribution >= 0.6 is 11.6 Å². The number of carbonyl (C=O) groups is 1. The van der Waals surface area contributed by atoms with E-state index in [1.807, 2.05) is 35.2 Å². The van der Waals surface area contributed by atoms with Crippen molar-refractivity contribution in [1.82, 2.24) is 9.88 Å². The quantitative estimate of drug-likeness (QED) is 0.662. The molecule has 1 amide bonds. The van der Waals surface area contributed by atoms with Crippen LogP contribution in [0.5, 0.6) is 0 Å². The molecule has 0 saturated carbocycles. The van der Waals surface area contributed by atoms with Gasteiger partial charge in [0, 0.05) is 48.3 Å². The zero-order valence-electron chi connectivity index (χ0n) is 15.0. The molecule has 0 radical (unpaired) electrons. The molecule has 2 aromatic carbocycles. The molecule has 1 aliphatic heterocycles. The maximum absolute atomic E-state index is 13.4. The maximum Gasteiger partial charge on any atom is 0.255 e. The van der Waals surface area contributed by atoms with Gasteiger partial charge in [0.15, 0.2) is 0 Å². The molecule has 1 aliphatic rings. The molecule has 138 valence electrons. The number of aromatic nitrogens is 1. The van der Waals surface area contributed by atoms with Crippen LogP contribution in [0.25, 0.3) is 10.9 Å². The van der Waals surface area contributed by atoms with Crippen molar-refractivity contribution in [1.29, 1.82) is 0 Å². The summed E-state index contributed by atoms with van der Waals surface area (Å²) in [7, 11) is 0. The molecule has 1 saturated heterocycles. The number of hydrogen-bond acceptors (Lipinski definition) is 3. The normalized spacial score (nSPS) is 14.6. The average molecular weight is 384 g/mol. The molecule has 0 atom stereocenters. The summed E-state index contributed by atoms with van der Waals surface area (Å²) in [6.07, 6.45) is 0. The molecule has 2 heterocycles. The Hall–Kier alpha value is -2.66. The van der Waals surface area contributed by atoms with E-state index in [2.05, 4.69) is 9.88 Å². The molecule has 1 fully saturated rings. The van der Waals surface area contributed by atoms with Crippen molar-refractivity contribution < 1.29 is 9.18 Å². The number of aryl methyl sites for hydroxylation is 1. The Balaban J connectivity index is 1.52. The summed E-state index contributed by atoms with van der Waals surface area (Å²) >= 11 is 6.08. The number of pyridine rings is 1. The first-order valence-corrected chi connectivity index (χ1v) is 9.26. The molecule has 3 aromatic rings. The van der Waals surface area contributed by atoms with Crippen LogP contribution in [-0.2, 0) is 0 Å². The summed E-state index contributed by atoms with van der Waals surface area (Å²) in [6.45, 7) is 4.55. The molecule has 0 aliphatic carbocycles. The number of fused-ring (bicyclic) bond motifs is 1. The van der Waals surface area contributed by atoms with Gasteiger partial charge in [-0.25, -0.2) is 4.39 Å². The van der Waals surface area contributed by atoms with E-state index in [4.69, 9.17) is 11.6 Å². The van der Waals surface area contributed by atoms with Gasteiger partial charge in [-0.1, -0.05) is 17.7 Å². The van der Waals surface area contributed by atoms with Gasteiger partial charge < -0.3 is 9.80 Å². The van der Waals surface area contributed by atoms with Gasteiger partial charge in [0.25, 0.3) is 5.91 Å². The zero-order valence-corrected chi connectivity index (χ0v) is 15.7. The van der Waals surface area contributed by atoms with Gasteiger partial charge in [-0.05, 0) is 43.3 Å². The second-order valence-electron chi connectivity index (χ2n) is 6.72. The first kappa shape index (κ1) is 17.7. The number of anilines is 1. The van der Waals surface area contributed by atoms with Gasteiger partial charge in [-0.15, -0.1) is 0 Å². The lowest BCUT2D eigenvalue weighted by atomic mass is 10.1. The largest absolute Gasteiger partial charge is 0.368 e. The van der Waals surface area contributed by atoms with E-state index in [0.29, 0.717) is 34.9 Å². The van der Waals surface area contributed by atoms with E-state index in [0.717, 1.165) is 24.2 Å². The molecule has 0 unspecified atom stereocenters. The number of benzene rings is 2. The third-order valence-corrected chi connectivity index (χ3v) is 5.18. The third-order valence-electron chi connectivity index (χ3n) is 4.94. The van der Waals surface area contributed by atoms with Gasteiger partial charge in [0.2, 0.25) is 0 Å². The summed E-state index contributed by atoms with van der Waals surface area (Å²) in [6, 6.07) is 14.0. The number of piperazine rings is 1. The molecule has 6 heteroatoms. The lowest BCUT2D eigenvalue weighted by Crippen LogP contribution is -2.49. The van der Waals surface area contributed by atoms with Crippen molar-refractivity contribution in [3.63, 3.8) is 0 Å². The highest BCUT2D eigenvalue weighted by Crippen LogP contribution is 2.23. The van der Waals surface area contributed by atoms with E-state index < -0.39 is 0 Å². The summed E-state index contributed by atoms with van der Waals surface area (Å²) in [5, 5.41) is 1.48. The lowest BCUT2D eigenvalue weighted by molar-refractivity contribution is 0.0746. The highest BCUT2D eigenvalue weighted by atomic mass is 35.5. The highest BCUT2D eigenvalue weighted by molar-refractivity contribution is 6.30. The molecule has 4 rings (SSSR count). The Morgan fingerprint density at radius 1 is 1.07 bits per heavy atom. The van der Waals surface area contributed by atoms with Crippen LogP contribution in [-0.4, -0.2) is 42.0 Å². The molecule has 27 heavy (non-hydrogen) atoms. The SMILES string of the molecule is Cc1nc2cc(F)ccc2cc1C(=O)N1CCN(c2cccc(Cl)c2)CC1. The maximum atomic E-state index is 13.4. The van der Waals surface area contributed by atoms with Crippen molar-refractivity contribution >= 4 is 34.1 Å². The fraction of sp³-hybridized carbons (Fsp3) is 0.238. The molecule has 0 bridgehead atoms. The second-order valence-corrected chi connectivity index (χ2v) is 7.15. The van der Waals surface area contributed by atoms with Crippen molar-refractivity contribution in [2.24, 2.45) is 0 Å². The van der Waals surface area contributed by atoms with Crippen LogP contribution in [0, 0.1) is 12.7 Å². The van der Waals surface area contributed by atoms with Crippen LogP contribution in [0.15, 0.2) is 48.5 Å². The Morgan fingerprint density at radius 2 is 1.85 bits per heavy atom. The molecule has 0 N–H and O–H groups in total. The van der Waals surface area contributed by atoms with E-state index in [1.54, 1.807) is 13.0 Å². The number of nitrogens with zero attached hydrogens (tertiary/aromatic N) is 3. The van der Waals surface area contributed by atoms with Gasteiger partial charge in [-0.3, -0.25) is 9.78 Å². The topological polar surface area (TPSA) is 36.4 Å². The predicted octanol–water partition coefficient (Wildman–Crippen LogP) is 4.30. The fourth-order valence-corrected chi connectivity index (χ4v) is 3.65. The Kier molecular flexibility index (Phi) is 4.70. The number of hydrogen-bond donors (Lipinski definition) is 0. The first-order chi connectivity index (χ1) is 13.0. The smallest absolute Gasteiger partial charge is 0.255 e. The minimum Gasteiger partial charge on any atom is -0.368 e. The van der Waals surface area contributed by atoms with E-state index in [1.165, 1.54) is 12.1 Å². The number of amides is 1. The van der Waals surface area contributed by atoms with Crippen LogP contribution in [0.4, 0.5) is 10.1 Å². The highest BCUT2D eigenvalue weighted by Gasteiger charge is 2.24. The van der Waals surface area contributed by atoms with E-state index >= 15 is 0 Å². The Morgan fingerprint density at radius 3 is 2.59 bits per heavy atom. The van der Waals surface area contributed by atoms with Gasteiger partial charge in [0.05, 0.1) is 16.8 Å². The molecular weight excluding hydrogens is 365 g/mol. The molecule has 4 nitrogen and oxygen atoms in total. The summed E-state index contributed by atoms with van der Waals surface area (Å²) in [5.41, 5.74) is 2.83. The third kappa shape index (κ3) is 3.60. The van der Waals surface area contributed by atoms with Crippen LogP contribution in [0.3, 0.4) is 0 Å². The average Bonchev–Trinajstić information content (AvgIpc) is 2.67. The monoisotopic (exact) mass is 383 g/mol. The Labute approximate surface area is 162 Å². The molecular formula is C21H19ClFN3O. The minimum atomic E-state index is -0.328. The van der Waals surface area contributed by atoms with Crippen molar-refractivity contribution in [2.75, 3.05) is 31.1 Å². The molecule has 0 spiro atoms. The number of halogens is 2. The van der Waals surface area contributed by atoms with Gasteiger partial charge in [0.1, 0.15) is 5.82 Å². The number of rotatable bonds is 2.